The van der Waals surface area contributed by atoms with Crippen LogP contribution in [0.1, 0.15) is 78.6 Å². The van der Waals surface area contributed by atoms with E-state index >= 15 is 0 Å². The first kappa shape index (κ1) is 23.5. The Bertz CT molecular complexity index is 1180. The van der Waals surface area contributed by atoms with Crippen LogP contribution in [0.5, 0.6) is 0 Å². The highest BCUT2D eigenvalue weighted by Gasteiger charge is 2.61. The van der Waals surface area contributed by atoms with Crippen molar-refractivity contribution in [1.29, 1.82) is 0 Å². The largest absolute Gasteiger partial charge is 0.390 e. The topological polar surface area (TPSA) is 68.0 Å². The molecule has 0 bridgehead atoms. The molecule has 5 nitrogen and oxygen atoms in total. The van der Waals surface area contributed by atoms with E-state index in [1.54, 1.807) is 0 Å². The molecule has 0 aliphatic heterocycles. The van der Waals surface area contributed by atoms with E-state index in [9.17, 15) is 18.7 Å². The number of carbonyl (C=O) groups is 1. The van der Waals surface area contributed by atoms with Crippen molar-refractivity contribution in [3.05, 3.63) is 23.8 Å². The minimum atomic E-state index is -1.01. The molecule has 35 heavy (non-hydrogen) atoms. The normalized spacial score (nSPS) is 43.0. The molecule has 8 atom stereocenters. The zero-order valence-electron chi connectivity index (χ0n) is 21.1. The molecule has 0 saturated heterocycles. The van der Waals surface area contributed by atoms with Gasteiger partial charge in [0.2, 0.25) is 0 Å². The summed E-state index contributed by atoms with van der Waals surface area (Å²) in [7, 11) is 0. The number of rotatable bonds is 3. The summed E-state index contributed by atoms with van der Waals surface area (Å²) in [5.74, 6) is 0.584. The first-order valence-electron chi connectivity index (χ1n) is 13.5. The van der Waals surface area contributed by atoms with Crippen LogP contribution in [0.3, 0.4) is 0 Å². The molecule has 0 amide bonds. The molecule has 1 aromatic heterocycles. The Morgan fingerprint density at radius 2 is 1.77 bits per heavy atom. The Morgan fingerprint density at radius 3 is 2.57 bits per heavy atom. The molecule has 6 rings (SSSR count). The smallest absolute Gasteiger partial charge is 0.188 e. The molecule has 1 N–H and O–H groups in total. The van der Waals surface area contributed by atoms with Crippen LogP contribution < -0.4 is 0 Å². The van der Waals surface area contributed by atoms with Crippen LogP contribution in [0.25, 0.3) is 11.0 Å². The summed E-state index contributed by atoms with van der Waals surface area (Å²) in [6.45, 7) is 6.82. The van der Waals surface area contributed by atoms with Gasteiger partial charge in [-0.3, -0.25) is 4.79 Å². The van der Waals surface area contributed by atoms with Crippen LogP contribution in [0.2, 0.25) is 0 Å². The number of halogens is 2. The summed E-state index contributed by atoms with van der Waals surface area (Å²) < 4.78 is 27.7. The maximum Gasteiger partial charge on any atom is 0.188 e. The molecule has 4 saturated carbocycles. The quantitative estimate of drug-likeness (QED) is 0.607. The van der Waals surface area contributed by atoms with Gasteiger partial charge in [-0.25, -0.2) is 8.78 Å². The highest BCUT2D eigenvalue weighted by molar-refractivity contribution is 5.82. The van der Waals surface area contributed by atoms with Gasteiger partial charge in [0.15, 0.2) is 22.9 Å². The number of hydrogen-bond donors (Lipinski definition) is 1. The molecule has 190 valence electrons. The lowest BCUT2D eigenvalue weighted by atomic mass is 9.44. The van der Waals surface area contributed by atoms with Gasteiger partial charge in [-0.15, -0.1) is 5.10 Å². The van der Waals surface area contributed by atoms with E-state index in [-0.39, 0.29) is 34.7 Å². The Labute approximate surface area is 205 Å². The van der Waals surface area contributed by atoms with Crippen LogP contribution in [0, 0.1) is 52.1 Å². The summed E-state index contributed by atoms with van der Waals surface area (Å²) >= 11 is 0. The maximum absolute atomic E-state index is 14.1. The number of aliphatic hydroxyl groups is 1. The minimum Gasteiger partial charge on any atom is -0.390 e. The Balaban J connectivity index is 1.21. The van der Waals surface area contributed by atoms with E-state index in [0.717, 1.165) is 51.0 Å². The van der Waals surface area contributed by atoms with Crippen molar-refractivity contribution in [2.75, 3.05) is 0 Å². The van der Waals surface area contributed by atoms with Gasteiger partial charge in [-0.2, -0.15) is 9.90 Å². The van der Waals surface area contributed by atoms with Crippen molar-refractivity contribution >= 4 is 16.8 Å². The van der Waals surface area contributed by atoms with E-state index in [2.05, 4.69) is 24.0 Å². The molecule has 0 unspecified atom stereocenters. The Morgan fingerprint density at radius 1 is 1.00 bits per heavy atom. The number of nitrogens with zero attached hydrogens (tertiary/aromatic N) is 3. The standard InChI is InChI=1S/C28H37F2N3O2/c1-26(35)12-13-27(2)16(14-26)4-5-17-18-6-7-20(28(18,3)11-10-19(17)27)23(34)15-33-31-22-9-8-21(29)24(30)25(22)32-33/h8-9,16-20,35H,4-7,10-15H2,1-3H3/t16-,17-,18-,19-,20+,26+,27-,28-/m0/s1. The summed E-state index contributed by atoms with van der Waals surface area (Å²) in [5, 5.41) is 19.1. The lowest BCUT2D eigenvalue weighted by Gasteiger charge is -2.61. The predicted octanol–water partition coefficient (Wildman–Crippen LogP) is 5.69. The Hall–Kier alpha value is -1.89. The van der Waals surface area contributed by atoms with E-state index in [1.807, 2.05) is 6.92 Å². The molecular weight excluding hydrogens is 448 g/mol. The monoisotopic (exact) mass is 485 g/mol. The van der Waals surface area contributed by atoms with Gasteiger partial charge in [0.05, 0.1) is 5.60 Å². The van der Waals surface area contributed by atoms with E-state index in [0.29, 0.717) is 29.1 Å². The average molecular weight is 486 g/mol. The van der Waals surface area contributed by atoms with Gasteiger partial charge in [-0.1, -0.05) is 13.8 Å². The van der Waals surface area contributed by atoms with E-state index in [4.69, 9.17) is 0 Å². The van der Waals surface area contributed by atoms with E-state index in [1.165, 1.54) is 23.7 Å². The summed E-state index contributed by atoms with van der Waals surface area (Å²) in [4.78, 5) is 14.8. The van der Waals surface area contributed by atoms with Gasteiger partial charge in [0, 0.05) is 5.92 Å². The molecular formula is C28H37F2N3O2. The van der Waals surface area contributed by atoms with Crippen LogP contribution in [-0.2, 0) is 11.3 Å². The fourth-order valence-electron chi connectivity index (χ4n) is 9.25. The highest BCUT2D eigenvalue weighted by atomic mass is 19.2. The van der Waals surface area contributed by atoms with Gasteiger partial charge >= 0.3 is 0 Å². The first-order chi connectivity index (χ1) is 16.5. The molecule has 1 heterocycles. The number of ketones is 1. The number of benzene rings is 1. The van der Waals surface area contributed by atoms with Gasteiger partial charge in [0.1, 0.15) is 12.1 Å². The minimum absolute atomic E-state index is 0.00564. The van der Waals surface area contributed by atoms with Crippen LogP contribution in [0.15, 0.2) is 12.1 Å². The van der Waals surface area contributed by atoms with E-state index < -0.39 is 17.2 Å². The summed E-state index contributed by atoms with van der Waals surface area (Å²) in [6.07, 6.45) is 9.50. The SMILES string of the molecule is C[C@@]1(O)CC[C@@]2(C)[C@@H](CC[C@@H]3[C@@H]2CC[C@]2(C)[C@@H](C(=O)Cn4nc5ccc(F)c(F)c5n4)CC[C@@H]32)C1. The van der Waals surface area contributed by atoms with Crippen LogP contribution in [0.4, 0.5) is 8.78 Å². The van der Waals surface area contributed by atoms with Crippen LogP contribution >= 0.6 is 0 Å². The number of hydrogen-bond acceptors (Lipinski definition) is 4. The maximum atomic E-state index is 14.1. The molecule has 4 aliphatic carbocycles. The lowest BCUT2D eigenvalue weighted by molar-refractivity contribution is -0.151. The number of carbonyl (C=O) groups excluding carboxylic acids is 1. The second kappa shape index (κ2) is 7.80. The fourth-order valence-corrected chi connectivity index (χ4v) is 9.25. The van der Waals surface area contributed by atoms with Gasteiger partial charge < -0.3 is 5.11 Å². The van der Waals surface area contributed by atoms with Crippen molar-refractivity contribution in [2.24, 2.45) is 40.4 Å². The molecule has 0 radical (unpaired) electrons. The van der Waals surface area contributed by atoms with Crippen molar-refractivity contribution in [2.45, 2.75) is 90.7 Å². The third kappa shape index (κ3) is 3.51. The van der Waals surface area contributed by atoms with Crippen molar-refractivity contribution in [1.82, 2.24) is 15.0 Å². The fraction of sp³-hybridized carbons (Fsp3) is 0.750. The number of fused-ring (bicyclic) bond motifs is 6. The predicted molar refractivity (Wildman–Crippen MR) is 128 cm³/mol. The molecule has 0 spiro atoms. The molecule has 2 aromatic rings. The zero-order valence-corrected chi connectivity index (χ0v) is 21.1. The van der Waals surface area contributed by atoms with Gasteiger partial charge in [0.25, 0.3) is 0 Å². The third-order valence-electron chi connectivity index (χ3n) is 11.1. The second-order valence-electron chi connectivity index (χ2n) is 13.0. The number of Topliss-reactive ketones (excluding diaryl/α,β-unsaturated/α-hetero) is 1. The zero-order chi connectivity index (χ0) is 24.8. The van der Waals surface area contributed by atoms with Crippen LogP contribution in [-0.4, -0.2) is 31.5 Å². The number of aromatic nitrogens is 3. The van der Waals surface area contributed by atoms with Gasteiger partial charge in [-0.05, 0) is 111 Å². The highest BCUT2D eigenvalue weighted by Crippen LogP contribution is 2.68. The molecule has 1 aromatic carbocycles. The first-order valence-corrected chi connectivity index (χ1v) is 13.5. The lowest BCUT2D eigenvalue weighted by Crippen LogP contribution is -2.55. The summed E-state index contributed by atoms with van der Waals surface area (Å²) in [5.41, 5.74) is -0.0987. The molecule has 4 fully saturated rings. The third-order valence-corrected chi connectivity index (χ3v) is 11.1. The van der Waals surface area contributed by atoms with Crippen molar-refractivity contribution < 1.29 is 18.7 Å². The molecule has 4 aliphatic rings. The Kier molecular flexibility index (Phi) is 5.24. The molecule has 7 heteroatoms. The summed E-state index contributed by atoms with van der Waals surface area (Å²) in [6, 6.07) is 2.44. The average Bonchev–Trinajstić information content (AvgIpc) is 3.37. The van der Waals surface area contributed by atoms with Crippen molar-refractivity contribution in [3.8, 4) is 0 Å². The van der Waals surface area contributed by atoms with Crippen molar-refractivity contribution in [3.63, 3.8) is 0 Å². The second-order valence-corrected chi connectivity index (χ2v) is 13.0.